The highest BCUT2D eigenvalue weighted by Gasteiger charge is 2.23. The predicted octanol–water partition coefficient (Wildman–Crippen LogP) is 4.45. The molecule has 0 radical (unpaired) electrons. The molecule has 0 atom stereocenters. The first-order valence-corrected chi connectivity index (χ1v) is 8.07. The Morgan fingerprint density at radius 2 is 2.13 bits per heavy atom. The minimum atomic E-state index is 0.554. The molecule has 2 aromatic heterocycles. The number of hydrogen-bond acceptors (Lipinski definition) is 3. The highest BCUT2D eigenvalue weighted by atomic mass is 35.5. The Balaban J connectivity index is 1.79. The Morgan fingerprint density at radius 1 is 1.26 bits per heavy atom. The first-order chi connectivity index (χ1) is 11.2. The second kappa shape index (κ2) is 5.78. The van der Waals surface area contributed by atoms with Crippen LogP contribution < -0.4 is 9.47 Å². The molecule has 0 bridgehead atoms. The summed E-state index contributed by atoms with van der Waals surface area (Å²) in [6, 6.07) is 9.63. The Hall–Kier alpha value is -2.20. The van der Waals surface area contributed by atoms with E-state index in [9.17, 15) is 0 Å². The summed E-state index contributed by atoms with van der Waals surface area (Å²) in [4.78, 5) is 4.67. The molecule has 118 valence electrons. The van der Waals surface area contributed by atoms with Gasteiger partial charge in [0.15, 0.2) is 0 Å². The molecule has 1 aliphatic rings. The van der Waals surface area contributed by atoms with Crippen LogP contribution in [0.5, 0.6) is 11.5 Å². The molecule has 0 spiro atoms. The molecule has 3 aromatic rings. The second-order valence-electron chi connectivity index (χ2n) is 5.83. The number of halogens is 1. The van der Waals surface area contributed by atoms with Gasteiger partial charge in [0.05, 0.1) is 24.4 Å². The fraction of sp³-hybridized carbons (Fsp3) is 0.278. The van der Waals surface area contributed by atoms with Crippen LogP contribution >= 0.6 is 11.6 Å². The van der Waals surface area contributed by atoms with E-state index in [0.29, 0.717) is 16.7 Å². The summed E-state index contributed by atoms with van der Waals surface area (Å²) in [5.74, 6) is 2.05. The smallest absolute Gasteiger partial charge is 0.141 e. The molecule has 5 heteroatoms. The fourth-order valence-corrected chi connectivity index (χ4v) is 2.81. The summed E-state index contributed by atoms with van der Waals surface area (Å²) in [5, 5.41) is 0.554. The standard InChI is InChI=1S/C18H17ClN2O2/c1-22-17-9-16(23-11-12-5-6-12)13(8-14(17)19)15-10-21-7-3-2-4-18(21)20-15/h2-4,7-10,12H,5-6,11H2,1H3. The van der Waals surface area contributed by atoms with Gasteiger partial charge in [-0.3, -0.25) is 0 Å². The largest absolute Gasteiger partial charge is 0.495 e. The van der Waals surface area contributed by atoms with Crippen molar-refractivity contribution in [2.45, 2.75) is 12.8 Å². The molecule has 0 amide bonds. The van der Waals surface area contributed by atoms with E-state index < -0.39 is 0 Å². The minimum absolute atomic E-state index is 0.554. The Bertz CT molecular complexity index is 822. The Morgan fingerprint density at radius 3 is 2.87 bits per heavy atom. The average Bonchev–Trinajstić information content (AvgIpc) is 3.29. The van der Waals surface area contributed by atoms with Crippen LogP contribution in [0.4, 0.5) is 0 Å². The van der Waals surface area contributed by atoms with Gasteiger partial charge in [-0.05, 0) is 37.0 Å². The van der Waals surface area contributed by atoms with E-state index >= 15 is 0 Å². The lowest BCUT2D eigenvalue weighted by Gasteiger charge is -2.13. The normalized spacial score (nSPS) is 14.2. The van der Waals surface area contributed by atoms with Gasteiger partial charge in [-0.2, -0.15) is 0 Å². The van der Waals surface area contributed by atoms with Crippen molar-refractivity contribution >= 4 is 17.2 Å². The topological polar surface area (TPSA) is 35.8 Å². The zero-order valence-corrected chi connectivity index (χ0v) is 13.6. The van der Waals surface area contributed by atoms with Crippen LogP contribution in [0.3, 0.4) is 0 Å². The van der Waals surface area contributed by atoms with Crippen LogP contribution in [-0.2, 0) is 0 Å². The van der Waals surface area contributed by atoms with Crippen molar-refractivity contribution in [3.8, 4) is 22.8 Å². The lowest BCUT2D eigenvalue weighted by atomic mass is 10.1. The first kappa shape index (κ1) is 14.4. The molecular weight excluding hydrogens is 312 g/mol. The van der Waals surface area contributed by atoms with E-state index in [4.69, 9.17) is 21.1 Å². The SMILES string of the molecule is COc1cc(OCC2CC2)c(-c2cn3ccccc3n2)cc1Cl. The van der Waals surface area contributed by atoms with E-state index in [2.05, 4.69) is 4.98 Å². The Labute approximate surface area is 139 Å². The zero-order chi connectivity index (χ0) is 15.8. The van der Waals surface area contributed by atoms with Crippen molar-refractivity contribution < 1.29 is 9.47 Å². The summed E-state index contributed by atoms with van der Waals surface area (Å²) >= 11 is 6.31. The van der Waals surface area contributed by atoms with Gasteiger partial charge in [0, 0.05) is 24.0 Å². The number of rotatable bonds is 5. The number of methoxy groups -OCH3 is 1. The first-order valence-electron chi connectivity index (χ1n) is 7.69. The number of benzene rings is 1. The third-order valence-corrected chi connectivity index (χ3v) is 4.36. The summed E-state index contributed by atoms with van der Waals surface area (Å²) in [5.41, 5.74) is 2.62. The number of fused-ring (bicyclic) bond motifs is 1. The van der Waals surface area contributed by atoms with E-state index in [1.54, 1.807) is 7.11 Å². The van der Waals surface area contributed by atoms with Crippen LogP contribution in [-0.4, -0.2) is 23.1 Å². The van der Waals surface area contributed by atoms with E-state index in [1.807, 2.05) is 47.1 Å². The molecule has 0 saturated heterocycles. The molecule has 0 N–H and O–H groups in total. The van der Waals surface area contributed by atoms with E-state index in [0.717, 1.165) is 29.3 Å². The maximum atomic E-state index is 6.31. The van der Waals surface area contributed by atoms with Gasteiger partial charge in [-0.25, -0.2) is 4.98 Å². The highest BCUT2D eigenvalue weighted by Crippen LogP contribution is 2.39. The third kappa shape index (κ3) is 2.86. The number of pyridine rings is 1. The fourth-order valence-electron chi connectivity index (χ4n) is 2.57. The second-order valence-corrected chi connectivity index (χ2v) is 6.24. The number of hydrogen-bond donors (Lipinski definition) is 0. The van der Waals surface area contributed by atoms with Crippen LogP contribution in [0.1, 0.15) is 12.8 Å². The number of nitrogens with zero attached hydrogens (tertiary/aromatic N) is 2. The molecule has 4 nitrogen and oxygen atoms in total. The average molecular weight is 329 g/mol. The number of imidazole rings is 1. The molecule has 1 fully saturated rings. The van der Waals surface area contributed by atoms with Crippen molar-refractivity contribution in [3.63, 3.8) is 0 Å². The van der Waals surface area contributed by atoms with Gasteiger partial charge in [-0.1, -0.05) is 17.7 Å². The van der Waals surface area contributed by atoms with Gasteiger partial charge in [-0.15, -0.1) is 0 Å². The molecule has 1 saturated carbocycles. The van der Waals surface area contributed by atoms with Gasteiger partial charge in [0.2, 0.25) is 0 Å². The Kier molecular flexibility index (Phi) is 3.62. The lowest BCUT2D eigenvalue weighted by molar-refractivity contribution is 0.299. The van der Waals surface area contributed by atoms with E-state index in [-0.39, 0.29) is 0 Å². The minimum Gasteiger partial charge on any atom is -0.495 e. The molecule has 2 heterocycles. The molecule has 1 aromatic carbocycles. The molecule has 4 rings (SSSR count). The van der Waals surface area contributed by atoms with Crippen molar-refractivity contribution in [3.05, 3.63) is 47.7 Å². The van der Waals surface area contributed by atoms with Gasteiger partial charge in [0.1, 0.15) is 17.1 Å². The quantitative estimate of drug-likeness (QED) is 0.694. The monoisotopic (exact) mass is 328 g/mol. The predicted molar refractivity (Wildman–Crippen MR) is 90.4 cm³/mol. The summed E-state index contributed by atoms with van der Waals surface area (Å²) in [6.07, 6.45) is 6.45. The third-order valence-electron chi connectivity index (χ3n) is 4.07. The summed E-state index contributed by atoms with van der Waals surface area (Å²) < 4.78 is 13.3. The number of aromatic nitrogens is 2. The summed E-state index contributed by atoms with van der Waals surface area (Å²) in [6.45, 7) is 0.727. The summed E-state index contributed by atoms with van der Waals surface area (Å²) in [7, 11) is 1.61. The van der Waals surface area contributed by atoms with Crippen molar-refractivity contribution in [2.24, 2.45) is 5.92 Å². The van der Waals surface area contributed by atoms with Crippen molar-refractivity contribution in [1.29, 1.82) is 0 Å². The molecule has 23 heavy (non-hydrogen) atoms. The van der Waals surface area contributed by atoms with Gasteiger partial charge < -0.3 is 13.9 Å². The highest BCUT2D eigenvalue weighted by molar-refractivity contribution is 6.32. The van der Waals surface area contributed by atoms with E-state index in [1.165, 1.54) is 12.8 Å². The van der Waals surface area contributed by atoms with Crippen LogP contribution in [0.25, 0.3) is 16.9 Å². The maximum Gasteiger partial charge on any atom is 0.141 e. The molecule has 1 aliphatic carbocycles. The van der Waals surface area contributed by atoms with Crippen molar-refractivity contribution in [1.82, 2.24) is 9.38 Å². The number of ether oxygens (including phenoxy) is 2. The van der Waals surface area contributed by atoms with Gasteiger partial charge in [0.25, 0.3) is 0 Å². The van der Waals surface area contributed by atoms with Gasteiger partial charge >= 0.3 is 0 Å². The van der Waals surface area contributed by atoms with Crippen LogP contribution in [0.2, 0.25) is 5.02 Å². The van der Waals surface area contributed by atoms with Crippen LogP contribution in [0.15, 0.2) is 42.7 Å². The zero-order valence-electron chi connectivity index (χ0n) is 12.8. The molecule has 0 unspecified atom stereocenters. The van der Waals surface area contributed by atoms with Crippen molar-refractivity contribution in [2.75, 3.05) is 13.7 Å². The molecule has 0 aliphatic heterocycles. The van der Waals surface area contributed by atoms with Crippen LogP contribution in [0, 0.1) is 5.92 Å². The molecular formula is C18H17ClN2O2. The lowest BCUT2D eigenvalue weighted by Crippen LogP contribution is -2.01. The maximum absolute atomic E-state index is 6.31.